The number of halogens is 1. The van der Waals surface area contributed by atoms with E-state index in [0.717, 1.165) is 16.7 Å². The Kier molecular flexibility index (Phi) is 1.81. The van der Waals surface area contributed by atoms with Gasteiger partial charge in [0.1, 0.15) is 17.2 Å². The van der Waals surface area contributed by atoms with Gasteiger partial charge in [-0.1, -0.05) is 0 Å². The average molecular weight is 179 g/mol. The Bertz CT molecular complexity index is 447. The molecule has 0 spiro atoms. The van der Waals surface area contributed by atoms with Crippen LogP contribution in [-0.4, -0.2) is 0 Å². The first-order chi connectivity index (χ1) is 6.22. The van der Waals surface area contributed by atoms with Gasteiger partial charge < -0.3 is 10.2 Å². The van der Waals surface area contributed by atoms with Crippen LogP contribution in [0.1, 0.15) is 11.3 Å². The molecule has 68 valence electrons. The molecule has 2 rings (SSSR count). The zero-order valence-corrected chi connectivity index (χ0v) is 7.30. The van der Waals surface area contributed by atoms with Crippen molar-refractivity contribution in [3.8, 4) is 0 Å². The highest BCUT2D eigenvalue weighted by atomic mass is 19.1. The number of rotatable bonds is 1. The predicted octanol–water partition coefficient (Wildman–Crippen LogP) is 2.34. The van der Waals surface area contributed by atoms with Gasteiger partial charge in [-0.15, -0.1) is 0 Å². The summed E-state index contributed by atoms with van der Waals surface area (Å²) < 4.78 is 18.3. The van der Waals surface area contributed by atoms with Gasteiger partial charge in [-0.3, -0.25) is 0 Å². The van der Waals surface area contributed by atoms with Gasteiger partial charge in [0, 0.05) is 17.5 Å². The number of furan rings is 1. The topological polar surface area (TPSA) is 39.2 Å². The van der Waals surface area contributed by atoms with Crippen molar-refractivity contribution in [2.45, 2.75) is 13.5 Å². The van der Waals surface area contributed by atoms with Crippen molar-refractivity contribution in [2.75, 3.05) is 0 Å². The molecule has 0 amide bonds. The Balaban J connectivity index is 2.80. The third-order valence-electron chi connectivity index (χ3n) is 2.16. The predicted molar refractivity (Wildman–Crippen MR) is 48.8 cm³/mol. The molecule has 2 N–H and O–H groups in total. The molecule has 0 aliphatic rings. The van der Waals surface area contributed by atoms with Crippen LogP contribution in [0.3, 0.4) is 0 Å². The van der Waals surface area contributed by atoms with Crippen LogP contribution in [0.5, 0.6) is 0 Å². The summed E-state index contributed by atoms with van der Waals surface area (Å²) in [6.45, 7) is 2.21. The van der Waals surface area contributed by atoms with Gasteiger partial charge in [-0.2, -0.15) is 0 Å². The van der Waals surface area contributed by atoms with Gasteiger partial charge >= 0.3 is 0 Å². The summed E-state index contributed by atoms with van der Waals surface area (Å²) in [7, 11) is 0. The molecule has 0 bridgehead atoms. The lowest BCUT2D eigenvalue weighted by Gasteiger charge is -1.92. The van der Waals surface area contributed by atoms with Crippen molar-refractivity contribution in [3.63, 3.8) is 0 Å². The SMILES string of the molecule is Cc1oc2ccc(F)cc2c1CN. The van der Waals surface area contributed by atoms with E-state index in [9.17, 15) is 4.39 Å². The summed E-state index contributed by atoms with van der Waals surface area (Å²) in [5.41, 5.74) is 7.11. The first-order valence-electron chi connectivity index (χ1n) is 4.10. The zero-order chi connectivity index (χ0) is 9.42. The molecule has 2 aromatic rings. The van der Waals surface area contributed by atoms with Crippen molar-refractivity contribution < 1.29 is 8.81 Å². The van der Waals surface area contributed by atoms with Crippen LogP contribution in [0.2, 0.25) is 0 Å². The summed E-state index contributed by atoms with van der Waals surface area (Å²) in [6.07, 6.45) is 0. The highest BCUT2D eigenvalue weighted by Crippen LogP contribution is 2.25. The molecule has 0 saturated heterocycles. The van der Waals surface area contributed by atoms with Gasteiger partial charge in [0.25, 0.3) is 0 Å². The second-order valence-electron chi connectivity index (χ2n) is 2.98. The fraction of sp³-hybridized carbons (Fsp3) is 0.200. The van der Waals surface area contributed by atoms with Crippen molar-refractivity contribution in [3.05, 3.63) is 35.3 Å². The monoisotopic (exact) mass is 179 g/mol. The fourth-order valence-corrected chi connectivity index (χ4v) is 1.50. The van der Waals surface area contributed by atoms with Crippen LogP contribution in [-0.2, 0) is 6.54 Å². The number of hydrogen-bond donors (Lipinski definition) is 1. The molecular weight excluding hydrogens is 169 g/mol. The molecule has 3 heteroatoms. The summed E-state index contributed by atoms with van der Waals surface area (Å²) in [5, 5.41) is 0.778. The van der Waals surface area contributed by atoms with E-state index in [1.807, 2.05) is 6.92 Å². The molecule has 1 aromatic heterocycles. The van der Waals surface area contributed by atoms with Crippen molar-refractivity contribution in [1.82, 2.24) is 0 Å². The third-order valence-corrected chi connectivity index (χ3v) is 2.16. The fourth-order valence-electron chi connectivity index (χ4n) is 1.50. The lowest BCUT2D eigenvalue weighted by atomic mass is 10.1. The van der Waals surface area contributed by atoms with E-state index in [4.69, 9.17) is 10.2 Å². The smallest absolute Gasteiger partial charge is 0.134 e. The van der Waals surface area contributed by atoms with E-state index in [1.165, 1.54) is 12.1 Å². The van der Waals surface area contributed by atoms with E-state index < -0.39 is 0 Å². The number of nitrogens with two attached hydrogens (primary N) is 1. The van der Waals surface area contributed by atoms with Gasteiger partial charge in [-0.25, -0.2) is 4.39 Å². The van der Waals surface area contributed by atoms with Crippen LogP contribution < -0.4 is 5.73 Å². The summed E-state index contributed by atoms with van der Waals surface area (Å²) in [5.74, 6) is 0.506. The van der Waals surface area contributed by atoms with Crippen LogP contribution in [0.25, 0.3) is 11.0 Å². The zero-order valence-electron chi connectivity index (χ0n) is 7.30. The first-order valence-corrected chi connectivity index (χ1v) is 4.10. The molecule has 0 aliphatic heterocycles. The highest BCUT2D eigenvalue weighted by Gasteiger charge is 2.09. The number of hydrogen-bond acceptors (Lipinski definition) is 2. The van der Waals surface area contributed by atoms with Gasteiger partial charge in [0.2, 0.25) is 0 Å². The van der Waals surface area contributed by atoms with Crippen molar-refractivity contribution in [2.24, 2.45) is 5.73 Å². The van der Waals surface area contributed by atoms with Crippen molar-refractivity contribution in [1.29, 1.82) is 0 Å². The number of fused-ring (bicyclic) bond motifs is 1. The quantitative estimate of drug-likeness (QED) is 0.729. The molecule has 0 saturated carbocycles. The second-order valence-corrected chi connectivity index (χ2v) is 2.98. The largest absolute Gasteiger partial charge is 0.461 e. The van der Waals surface area contributed by atoms with E-state index in [1.54, 1.807) is 6.07 Å². The molecule has 1 aromatic carbocycles. The number of aryl methyl sites for hydroxylation is 1. The minimum absolute atomic E-state index is 0.261. The minimum atomic E-state index is -0.261. The van der Waals surface area contributed by atoms with Crippen LogP contribution in [0, 0.1) is 12.7 Å². The molecule has 0 atom stereocenters. The Labute approximate surface area is 75.1 Å². The van der Waals surface area contributed by atoms with Crippen LogP contribution >= 0.6 is 0 Å². The maximum absolute atomic E-state index is 12.9. The van der Waals surface area contributed by atoms with E-state index in [0.29, 0.717) is 12.1 Å². The molecular formula is C10H10FNO. The maximum Gasteiger partial charge on any atom is 0.134 e. The van der Waals surface area contributed by atoms with E-state index >= 15 is 0 Å². The molecule has 0 aliphatic carbocycles. The Morgan fingerprint density at radius 2 is 2.23 bits per heavy atom. The summed E-state index contributed by atoms with van der Waals surface area (Å²) in [6, 6.07) is 4.45. The summed E-state index contributed by atoms with van der Waals surface area (Å²) >= 11 is 0. The van der Waals surface area contributed by atoms with Gasteiger partial charge in [0.05, 0.1) is 0 Å². The Morgan fingerprint density at radius 3 is 2.92 bits per heavy atom. The standard InChI is InChI=1S/C10H10FNO/c1-6-9(5-12)8-4-7(11)2-3-10(8)13-6/h2-4H,5,12H2,1H3. The summed E-state index contributed by atoms with van der Waals surface area (Å²) in [4.78, 5) is 0. The Morgan fingerprint density at radius 1 is 1.46 bits per heavy atom. The molecule has 13 heavy (non-hydrogen) atoms. The molecule has 0 unspecified atom stereocenters. The highest BCUT2D eigenvalue weighted by molar-refractivity contribution is 5.82. The Hall–Kier alpha value is -1.35. The minimum Gasteiger partial charge on any atom is -0.461 e. The van der Waals surface area contributed by atoms with Crippen LogP contribution in [0.4, 0.5) is 4.39 Å². The second kappa shape index (κ2) is 2.85. The molecule has 0 fully saturated rings. The molecule has 2 nitrogen and oxygen atoms in total. The number of benzene rings is 1. The van der Waals surface area contributed by atoms with E-state index in [2.05, 4.69) is 0 Å². The lowest BCUT2D eigenvalue weighted by molar-refractivity contribution is 0.571. The lowest BCUT2D eigenvalue weighted by Crippen LogP contribution is -1.96. The maximum atomic E-state index is 12.9. The average Bonchev–Trinajstić information content (AvgIpc) is 2.40. The normalized spacial score (nSPS) is 11.0. The first kappa shape index (κ1) is 8.26. The van der Waals surface area contributed by atoms with Gasteiger partial charge in [0.15, 0.2) is 0 Å². The van der Waals surface area contributed by atoms with Crippen LogP contribution in [0.15, 0.2) is 22.6 Å². The van der Waals surface area contributed by atoms with Gasteiger partial charge in [-0.05, 0) is 25.1 Å². The van der Waals surface area contributed by atoms with E-state index in [-0.39, 0.29) is 5.82 Å². The third kappa shape index (κ3) is 1.21. The molecule has 1 heterocycles. The molecule has 0 radical (unpaired) electrons. The van der Waals surface area contributed by atoms with Crippen molar-refractivity contribution >= 4 is 11.0 Å².